The maximum atomic E-state index is 12.1. The topological polar surface area (TPSA) is 69.2 Å². The molecular formula is C19H20F2N2O4. The Morgan fingerprint density at radius 2 is 1.89 bits per heavy atom. The van der Waals surface area contributed by atoms with Crippen LogP contribution < -0.4 is 14.8 Å². The Kier molecular flexibility index (Phi) is 7.54. The second-order valence-electron chi connectivity index (χ2n) is 5.49. The van der Waals surface area contributed by atoms with Crippen molar-refractivity contribution in [3.05, 3.63) is 59.7 Å². The Hall–Kier alpha value is -3.16. The van der Waals surface area contributed by atoms with Crippen molar-refractivity contribution in [1.82, 2.24) is 5.32 Å². The van der Waals surface area contributed by atoms with Crippen molar-refractivity contribution in [2.45, 2.75) is 19.6 Å². The number of ether oxygens (including phenoxy) is 2. The molecule has 0 aliphatic heterocycles. The molecule has 27 heavy (non-hydrogen) atoms. The van der Waals surface area contributed by atoms with Gasteiger partial charge in [0, 0.05) is 5.56 Å². The lowest BCUT2D eigenvalue weighted by Gasteiger charge is -2.16. The Bertz CT molecular complexity index is 767. The molecule has 0 heterocycles. The number of halogens is 2. The number of para-hydroxylation sites is 1. The zero-order chi connectivity index (χ0) is 19.6. The summed E-state index contributed by atoms with van der Waals surface area (Å²) in [6, 6.07) is 13.0. The van der Waals surface area contributed by atoms with Gasteiger partial charge in [0.2, 0.25) is 0 Å². The molecule has 1 atom stereocenters. The first kappa shape index (κ1) is 20.2. The summed E-state index contributed by atoms with van der Waals surface area (Å²) in [5.74, 6) is 0.391. The number of carbonyl (C=O) groups excluding carboxylic acids is 1. The number of rotatable bonds is 9. The van der Waals surface area contributed by atoms with E-state index in [4.69, 9.17) is 9.57 Å². The summed E-state index contributed by atoms with van der Waals surface area (Å²) in [6.45, 7) is -1.30. The number of amides is 1. The van der Waals surface area contributed by atoms with Gasteiger partial charge in [-0.15, -0.1) is 0 Å². The SMILES string of the molecule is COc1ccccc1C(C)NC(=O)CO/N=C/c1ccc(OC(F)F)cc1. The first-order valence-corrected chi connectivity index (χ1v) is 8.12. The van der Waals surface area contributed by atoms with Gasteiger partial charge in [-0.1, -0.05) is 23.4 Å². The smallest absolute Gasteiger partial charge is 0.387 e. The fourth-order valence-corrected chi connectivity index (χ4v) is 2.31. The summed E-state index contributed by atoms with van der Waals surface area (Å²) in [4.78, 5) is 16.9. The Labute approximate surface area is 155 Å². The fraction of sp³-hybridized carbons (Fsp3) is 0.263. The maximum absolute atomic E-state index is 12.1. The van der Waals surface area contributed by atoms with Crippen LogP contribution in [0.15, 0.2) is 53.7 Å². The molecule has 2 rings (SSSR count). The van der Waals surface area contributed by atoms with E-state index in [1.165, 1.54) is 30.5 Å². The number of oxime groups is 1. The molecule has 0 spiro atoms. The highest BCUT2D eigenvalue weighted by Crippen LogP contribution is 2.24. The minimum Gasteiger partial charge on any atom is -0.496 e. The third-order valence-electron chi connectivity index (χ3n) is 3.56. The molecule has 0 aliphatic carbocycles. The molecule has 2 aromatic carbocycles. The highest BCUT2D eigenvalue weighted by Gasteiger charge is 2.13. The Balaban J connectivity index is 1.79. The van der Waals surface area contributed by atoms with Gasteiger partial charge in [0.05, 0.1) is 19.4 Å². The largest absolute Gasteiger partial charge is 0.496 e. The zero-order valence-electron chi connectivity index (χ0n) is 14.9. The lowest BCUT2D eigenvalue weighted by atomic mass is 10.1. The van der Waals surface area contributed by atoms with Gasteiger partial charge in [-0.25, -0.2) is 0 Å². The van der Waals surface area contributed by atoms with E-state index < -0.39 is 6.61 Å². The predicted octanol–water partition coefficient (Wildman–Crippen LogP) is 3.52. The van der Waals surface area contributed by atoms with Crippen LogP contribution in [0.4, 0.5) is 8.78 Å². The van der Waals surface area contributed by atoms with Crippen molar-refractivity contribution in [3.8, 4) is 11.5 Å². The van der Waals surface area contributed by atoms with Crippen molar-refractivity contribution in [3.63, 3.8) is 0 Å². The molecule has 0 bridgehead atoms. The molecule has 1 N–H and O–H groups in total. The van der Waals surface area contributed by atoms with Crippen molar-refractivity contribution < 1.29 is 27.9 Å². The summed E-state index contributed by atoms with van der Waals surface area (Å²) in [5.41, 5.74) is 1.46. The average molecular weight is 378 g/mol. The van der Waals surface area contributed by atoms with Gasteiger partial charge in [0.15, 0.2) is 6.61 Å². The maximum Gasteiger partial charge on any atom is 0.387 e. The molecule has 0 radical (unpaired) electrons. The van der Waals surface area contributed by atoms with E-state index in [1.807, 2.05) is 31.2 Å². The van der Waals surface area contributed by atoms with Crippen molar-refractivity contribution in [2.75, 3.05) is 13.7 Å². The van der Waals surface area contributed by atoms with Crippen LogP contribution in [0.25, 0.3) is 0 Å². The summed E-state index contributed by atoms with van der Waals surface area (Å²) in [6.07, 6.45) is 1.36. The van der Waals surface area contributed by atoms with Crippen LogP contribution in [0.3, 0.4) is 0 Å². The standard InChI is InChI=1S/C19H20F2N2O4/c1-13(16-5-3-4-6-17(16)25-2)23-18(24)12-26-22-11-14-7-9-15(10-8-14)27-19(20)21/h3-11,13,19H,12H2,1-2H3,(H,23,24)/b22-11+. The monoisotopic (exact) mass is 378 g/mol. The number of hydrogen-bond acceptors (Lipinski definition) is 5. The number of hydrogen-bond donors (Lipinski definition) is 1. The van der Waals surface area contributed by atoms with Gasteiger partial charge < -0.3 is 19.6 Å². The molecule has 144 valence electrons. The van der Waals surface area contributed by atoms with Gasteiger partial charge in [0.1, 0.15) is 11.5 Å². The van der Waals surface area contributed by atoms with E-state index in [0.717, 1.165) is 5.56 Å². The molecule has 2 aromatic rings. The number of methoxy groups -OCH3 is 1. The number of alkyl halides is 2. The minimum absolute atomic E-state index is 0.0489. The normalized spacial score (nSPS) is 12.0. The van der Waals surface area contributed by atoms with Crippen LogP contribution in [0, 0.1) is 0 Å². The van der Waals surface area contributed by atoms with Crippen LogP contribution in [0.2, 0.25) is 0 Å². The highest BCUT2D eigenvalue weighted by molar-refractivity contribution is 5.80. The summed E-state index contributed by atoms with van der Waals surface area (Å²) < 4.78 is 33.7. The van der Waals surface area contributed by atoms with Crippen LogP contribution in [0.1, 0.15) is 24.1 Å². The first-order valence-electron chi connectivity index (χ1n) is 8.12. The van der Waals surface area contributed by atoms with E-state index in [1.54, 1.807) is 7.11 Å². The first-order chi connectivity index (χ1) is 13.0. The molecule has 8 heteroatoms. The second kappa shape index (κ2) is 10.1. The lowest BCUT2D eigenvalue weighted by Crippen LogP contribution is -2.29. The van der Waals surface area contributed by atoms with E-state index in [9.17, 15) is 13.6 Å². The van der Waals surface area contributed by atoms with E-state index in [0.29, 0.717) is 11.3 Å². The van der Waals surface area contributed by atoms with Gasteiger partial charge in [-0.2, -0.15) is 8.78 Å². The minimum atomic E-state index is -2.87. The molecule has 0 aliphatic rings. The molecule has 0 saturated heterocycles. The molecule has 0 saturated carbocycles. The second-order valence-corrected chi connectivity index (χ2v) is 5.49. The zero-order valence-corrected chi connectivity index (χ0v) is 14.9. The predicted molar refractivity (Wildman–Crippen MR) is 96.2 cm³/mol. The number of nitrogens with one attached hydrogen (secondary N) is 1. The summed E-state index contributed by atoms with van der Waals surface area (Å²) in [7, 11) is 1.57. The van der Waals surface area contributed by atoms with Gasteiger partial charge in [-0.05, 0) is 42.8 Å². The third-order valence-corrected chi connectivity index (χ3v) is 3.56. The Morgan fingerprint density at radius 1 is 1.19 bits per heavy atom. The van der Waals surface area contributed by atoms with Crippen molar-refractivity contribution in [2.24, 2.45) is 5.16 Å². The number of nitrogens with zero attached hydrogens (tertiary/aromatic N) is 1. The molecule has 1 amide bonds. The van der Waals surface area contributed by atoms with Crippen LogP contribution in [-0.2, 0) is 9.63 Å². The quantitative estimate of drug-likeness (QED) is 0.535. The van der Waals surface area contributed by atoms with E-state index in [2.05, 4.69) is 15.2 Å². The van der Waals surface area contributed by atoms with Crippen LogP contribution >= 0.6 is 0 Å². The number of benzene rings is 2. The summed E-state index contributed by atoms with van der Waals surface area (Å²) >= 11 is 0. The lowest BCUT2D eigenvalue weighted by molar-refractivity contribution is -0.126. The van der Waals surface area contributed by atoms with Gasteiger partial charge in [-0.3, -0.25) is 4.79 Å². The molecular weight excluding hydrogens is 358 g/mol. The average Bonchev–Trinajstić information content (AvgIpc) is 2.66. The third kappa shape index (κ3) is 6.58. The van der Waals surface area contributed by atoms with Gasteiger partial charge in [0.25, 0.3) is 5.91 Å². The van der Waals surface area contributed by atoms with E-state index >= 15 is 0 Å². The molecule has 1 unspecified atom stereocenters. The molecule has 0 aromatic heterocycles. The van der Waals surface area contributed by atoms with Crippen molar-refractivity contribution >= 4 is 12.1 Å². The van der Waals surface area contributed by atoms with E-state index in [-0.39, 0.29) is 24.3 Å². The summed E-state index contributed by atoms with van der Waals surface area (Å²) in [5, 5.41) is 6.48. The van der Waals surface area contributed by atoms with Crippen LogP contribution in [0.5, 0.6) is 11.5 Å². The highest BCUT2D eigenvalue weighted by atomic mass is 19.3. The number of carbonyl (C=O) groups is 1. The molecule has 6 nitrogen and oxygen atoms in total. The fourth-order valence-electron chi connectivity index (χ4n) is 2.31. The van der Waals surface area contributed by atoms with Gasteiger partial charge >= 0.3 is 6.61 Å². The van der Waals surface area contributed by atoms with Crippen molar-refractivity contribution in [1.29, 1.82) is 0 Å². The molecule has 0 fully saturated rings. The van der Waals surface area contributed by atoms with Crippen LogP contribution in [-0.4, -0.2) is 32.4 Å². The Morgan fingerprint density at radius 3 is 2.56 bits per heavy atom.